The van der Waals surface area contributed by atoms with Crippen LogP contribution >= 0.6 is 11.6 Å². The van der Waals surface area contributed by atoms with E-state index in [1.165, 1.54) is 0 Å². The molecule has 0 aliphatic carbocycles. The first-order valence-electron chi connectivity index (χ1n) is 4.16. The fraction of sp³-hybridized carbons (Fsp3) is 0.100. The van der Waals surface area contributed by atoms with E-state index in [-0.39, 0.29) is 0 Å². The van der Waals surface area contributed by atoms with Crippen molar-refractivity contribution >= 4 is 11.6 Å². The Hall–Kier alpha value is -1.48. The second-order valence-electron chi connectivity index (χ2n) is 2.91. The average molecular weight is 209 g/mol. The van der Waals surface area contributed by atoms with Gasteiger partial charge in [-0.2, -0.15) is 5.10 Å². The molecule has 0 radical (unpaired) electrons. The van der Waals surface area contributed by atoms with Crippen molar-refractivity contribution < 1.29 is 4.74 Å². The molecule has 0 spiro atoms. The molecule has 0 saturated heterocycles. The van der Waals surface area contributed by atoms with E-state index >= 15 is 0 Å². The summed E-state index contributed by atoms with van der Waals surface area (Å²) in [6.07, 6.45) is 3.46. The van der Waals surface area contributed by atoms with Crippen LogP contribution in [0.25, 0.3) is 0 Å². The molecule has 0 atom stereocenters. The zero-order valence-corrected chi connectivity index (χ0v) is 8.40. The molecule has 0 amide bonds. The normalized spacial score (nSPS) is 10.1. The maximum absolute atomic E-state index is 5.75. The topological polar surface area (TPSA) is 27.1 Å². The quantitative estimate of drug-likeness (QED) is 0.759. The first kappa shape index (κ1) is 9.09. The maximum Gasteiger partial charge on any atom is 0.165 e. The van der Waals surface area contributed by atoms with Gasteiger partial charge >= 0.3 is 0 Å². The Kier molecular flexibility index (Phi) is 2.41. The molecule has 4 heteroatoms. The van der Waals surface area contributed by atoms with Crippen LogP contribution in [0.15, 0.2) is 36.7 Å². The second kappa shape index (κ2) is 3.72. The van der Waals surface area contributed by atoms with Crippen molar-refractivity contribution in [3.05, 3.63) is 41.7 Å². The molecule has 0 aliphatic rings. The molecule has 1 heterocycles. The van der Waals surface area contributed by atoms with E-state index in [1.807, 2.05) is 19.2 Å². The predicted octanol–water partition coefficient (Wildman–Crippen LogP) is 2.87. The van der Waals surface area contributed by atoms with Crippen LogP contribution in [0.1, 0.15) is 0 Å². The smallest absolute Gasteiger partial charge is 0.165 e. The Bertz CT molecular complexity index is 422. The van der Waals surface area contributed by atoms with Crippen molar-refractivity contribution in [1.82, 2.24) is 9.78 Å². The monoisotopic (exact) mass is 208 g/mol. The van der Waals surface area contributed by atoms with Crippen LogP contribution in [-0.4, -0.2) is 9.78 Å². The number of aryl methyl sites for hydroxylation is 1. The average Bonchev–Trinajstić information content (AvgIpc) is 2.56. The standard InChI is InChI=1S/C10H9ClN2O/c1-13-7-10(6-12-13)14-9-4-2-8(11)3-5-9/h2-7H,1H3. The van der Waals surface area contributed by atoms with Crippen molar-refractivity contribution in [2.75, 3.05) is 0 Å². The third-order valence-corrected chi connectivity index (χ3v) is 1.98. The highest BCUT2D eigenvalue weighted by Crippen LogP contribution is 2.21. The first-order chi connectivity index (χ1) is 6.74. The van der Waals surface area contributed by atoms with Crippen LogP contribution in [-0.2, 0) is 7.05 Å². The number of rotatable bonds is 2. The molecule has 1 aromatic carbocycles. The van der Waals surface area contributed by atoms with Crippen LogP contribution < -0.4 is 4.74 Å². The van der Waals surface area contributed by atoms with Gasteiger partial charge in [-0.3, -0.25) is 4.68 Å². The maximum atomic E-state index is 5.75. The summed E-state index contributed by atoms with van der Waals surface area (Å²) < 4.78 is 7.20. The Morgan fingerprint density at radius 1 is 1.21 bits per heavy atom. The number of hydrogen-bond donors (Lipinski definition) is 0. The van der Waals surface area contributed by atoms with Gasteiger partial charge in [0.15, 0.2) is 5.75 Å². The van der Waals surface area contributed by atoms with Gasteiger partial charge in [-0.25, -0.2) is 0 Å². The van der Waals surface area contributed by atoms with E-state index in [1.54, 1.807) is 29.2 Å². The van der Waals surface area contributed by atoms with Crippen LogP contribution in [0.4, 0.5) is 0 Å². The summed E-state index contributed by atoms with van der Waals surface area (Å²) in [7, 11) is 1.84. The van der Waals surface area contributed by atoms with E-state index < -0.39 is 0 Å². The van der Waals surface area contributed by atoms with Gasteiger partial charge in [0.25, 0.3) is 0 Å². The summed E-state index contributed by atoms with van der Waals surface area (Å²) in [5, 5.41) is 4.69. The summed E-state index contributed by atoms with van der Waals surface area (Å²) in [4.78, 5) is 0. The lowest BCUT2D eigenvalue weighted by Crippen LogP contribution is -1.84. The lowest BCUT2D eigenvalue weighted by atomic mass is 10.3. The summed E-state index contributed by atoms with van der Waals surface area (Å²) in [6, 6.07) is 7.20. The van der Waals surface area contributed by atoms with Crippen LogP contribution in [0, 0.1) is 0 Å². The molecular formula is C10H9ClN2O. The zero-order valence-electron chi connectivity index (χ0n) is 7.64. The largest absolute Gasteiger partial charge is 0.454 e. The fourth-order valence-electron chi connectivity index (χ4n) is 1.09. The van der Waals surface area contributed by atoms with Gasteiger partial charge in [0.2, 0.25) is 0 Å². The molecule has 3 nitrogen and oxygen atoms in total. The number of nitrogens with zero attached hydrogens (tertiary/aromatic N) is 2. The number of halogens is 1. The molecule has 0 N–H and O–H groups in total. The molecule has 0 bridgehead atoms. The molecular weight excluding hydrogens is 200 g/mol. The molecule has 0 unspecified atom stereocenters. The minimum Gasteiger partial charge on any atom is -0.454 e. The highest BCUT2D eigenvalue weighted by Gasteiger charge is 1.98. The number of benzene rings is 1. The summed E-state index contributed by atoms with van der Waals surface area (Å²) in [5.41, 5.74) is 0. The van der Waals surface area contributed by atoms with Gasteiger partial charge < -0.3 is 4.74 Å². The van der Waals surface area contributed by atoms with Gasteiger partial charge in [0.1, 0.15) is 5.75 Å². The van der Waals surface area contributed by atoms with Gasteiger partial charge in [-0.1, -0.05) is 11.6 Å². The molecule has 72 valence electrons. The van der Waals surface area contributed by atoms with E-state index in [2.05, 4.69) is 5.10 Å². The Morgan fingerprint density at radius 2 is 1.93 bits per heavy atom. The molecule has 2 rings (SSSR count). The minimum atomic E-state index is 0.698. The molecule has 0 saturated carbocycles. The van der Waals surface area contributed by atoms with Crippen LogP contribution in [0.3, 0.4) is 0 Å². The van der Waals surface area contributed by atoms with E-state index in [4.69, 9.17) is 16.3 Å². The first-order valence-corrected chi connectivity index (χ1v) is 4.54. The lowest BCUT2D eigenvalue weighted by Gasteiger charge is -2.01. The zero-order chi connectivity index (χ0) is 9.97. The minimum absolute atomic E-state index is 0.698. The highest BCUT2D eigenvalue weighted by atomic mass is 35.5. The van der Waals surface area contributed by atoms with E-state index in [9.17, 15) is 0 Å². The Morgan fingerprint density at radius 3 is 2.50 bits per heavy atom. The Balaban J connectivity index is 2.15. The Labute approximate surface area is 86.9 Å². The molecule has 0 fully saturated rings. The van der Waals surface area contributed by atoms with Crippen molar-refractivity contribution in [3.8, 4) is 11.5 Å². The van der Waals surface area contributed by atoms with Crippen molar-refractivity contribution in [2.24, 2.45) is 7.05 Å². The molecule has 0 aliphatic heterocycles. The molecule has 1 aromatic heterocycles. The van der Waals surface area contributed by atoms with Crippen molar-refractivity contribution in [1.29, 1.82) is 0 Å². The summed E-state index contributed by atoms with van der Waals surface area (Å²) >= 11 is 5.75. The van der Waals surface area contributed by atoms with Crippen molar-refractivity contribution in [2.45, 2.75) is 0 Å². The predicted molar refractivity (Wildman–Crippen MR) is 54.7 cm³/mol. The van der Waals surface area contributed by atoms with Gasteiger partial charge in [0, 0.05) is 12.1 Å². The number of aromatic nitrogens is 2. The third kappa shape index (κ3) is 2.06. The van der Waals surface area contributed by atoms with E-state index in [0.29, 0.717) is 5.02 Å². The van der Waals surface area contributed by atoms with E-state index in [0.717, 1.165) is 11.5 Å². The summed E-state index contributed by atoms with van der Waals surface area (Å²) in [6.45, 7) is 0. The van der Waals surface area contributed by atoms with Crippen LogP contribution in [0.5, 0.6) is 11.5 Å². The van der Waals surface area contributed by atoms with Crippen LogP contribution in [0.2, 0.25) is 5.02 Å². The third-order valence-electron chi connectivity index (χ3n) is 1.73. The number of hydrogen-bond acceptors (Lipinski definition) is 2. The number of ether oxygens (including phenoxy) is 1. The molecule has 14 heavy (non-hydrogen) atoms. The second-order valence-corrected chi connectivity index (χ2v) is 3.34. The highest BCUT2D eigenvalue weighted by molar-refractivity contribution is 6.30. The SMILES string of the molecule is Cn1cc(Oc2ccc(Cl)cc2)cn1. The van der Waals surface area contributed by atoms with Gasteiger partial charge in [-0.05, 0) is 24.3 Å². The van der Waals surface area contributed by atoms with Crippen molar-refractivity contribution in [3.63, 3.8) is 0 Å². The molecule has 2 aromatic rings. The van der Waals surface area contributed by atoms with Gasteiger partial charge in [0.05, 0.1) is 12.4 Å². The van der Waals surface area contributed by atoms with Gasteiger partial charge in [-0.15, -0.1) is 0 Å². The summed E-state index contributed by atoms with van der Waals surface area (Å²) in [5.74, 6) is 1.47. The fourth-order valence-corrected chi connectivity index (χ4v) is 1.22. The lowest BCUT2D eigenvalue weighted by molar-refractivity contribution is 0.482.